The van der Waals surface area contributed by atoms with Crippen LogP contribution in [-0.2, 0) is 33.8 Å². The lowest BCUT2D eigenvalue weighted by Crippen LogP contribution is -2.46. The third-order valence-electron chi connectivity index (χ3n) is 11.7. The van der Waals surface area contributed by atoms with Crippen molar-refractivity contribution in [1.29, 1.82) is 0 Å². The molecule has 340 valence electrons. The molecule has 1 amide bonds. The number of nitrogens with zero attached hydrogens (tertiary/aromatic N) is 1. The van der Waals surface area contributed by atoms with E-state index >= 15 is 0 Å². The molecule has 0 aromatic heterocycles. The van der Waals surface area contributed by atoms with Gasteiger partial charge in [0.25, 0.3) is 21.7 Å². The van der Waals surface area contributed by atoms with Crippen molar-refractivity contribution in [2.24, 2.45) is 28.8 Å². The molecule has 3 aromatic carbocycles. The number of methoxy groups -OCH3 is 1. The van der Waals surface area contributed by atoms with Crippen LogP contribution >= 0.6 is 0 Å². The fraction of sp³-hybridized carbons (Fsp3) is 0.422. The molecule has 5 bridgehead atoms. The van der Waals surface area contributed by atoms with Gasteiger partial charge < -0.3 is 49.8 Å². The van der Waals surface area contributed by atoms with Crippen molar-refractivity contribution < 1.29 is 67.3 Å². The molecule has 7 N–H and O–H groups in total. The molecule has 0 radical (unpaired) electrons. The summed E-state index contributed by atoms with van der Waals surface area (Å²) < 4.78 is 49.7. The SMILES string of the molecule is CO[C@H]1/C=C/O[C@@]2(C)Oc3c(C)c(O)c4c(O)c(c(/C=N\NS(=O)(=O)c5ccc(C)cc5)c(O)c4c3C2=O)NC(=O)/C(C)=C\C=C\[C@@H](C)[C@@H](O)[C@@H](C)[C@H](O)[C@@H](C)[C@H](OC(C)=O)[C@@H]1C. The second-order valence-electron chi connectivity index (χ2n) is 16.3. The number of benzene rings is 3. The van der Waals surface area contributed by atoms with Crippen LogP contribution < -0.4 is 14.9 Å². The Morgan fingerprint density at radius 1 is 0.921 bits per heavy atom. The van der Waals surface area contributed by atoms with Gasteiger partial charge in [-0.2, -0.15) is 13.5 Å². The third-order valence-corrected chi connectivity index (χ3v) is 13.0. The van der Waals surface area contributed by atoms with Crippen LogP contribution in [0.2, 0.25) is 0 Å². The van der Waals surface area contributed by atoms with Gasteiger partial charge in [0.05, 0.1) is 57.9 Å². The Morgan fingerprint density at radius 2 is 1.57 bits per heavy atom. The largest absolute Gasteiger partial charge is 0.507 e. The number of carbonyl (C=O) groups excluding carboxylic acids is 3. The van der Waals surface area contributed by atoms with E-state index in [0.29, 0.717) is 0 Å². The number of allylic oxidation sites excluding steroid dienone is 2. The van der Waals surface area contributed by atoms with E-state index in [9.17, 15) is 48.3 Å². The smallest absolute Gasteiger partial charge is 0.312 e. The van der Waals surface area contributed by atoms with Gasteiger partial charge in [0, 0.05) is 61.2 Å². The summed E-state index contributed by atoms with van der Waals surface area (Å²) in [5.74, 6) is -9.63. The lowest BCUT2D eigenvalue weighted by Gasteiger charge is -2.38. The van der Waals surface area contributed by atoms with Gasteiger partial charge in [-0.25, -0.2) is 4.83 Å². The Labute approximate surface area is 365 Å². The van der Waals surface area contributed by atoms with E-state index in [-0.39, 0.29) is 27.3 Å². The van der Waals surface area contributed by atoms with Crippen molar-refractivity contribution in [3.63, 3.8) is 0 Å². The number of amides is 1. The first-order valence-corrected chi connectivity index (χ1v) is 21.6. The van der Waals surface area contributed by atoms with E-state index in [0.717, 1.165) is 18.0 Å². The topological polar surface area (TPSA) is 260 Å². The second kappa shape index (κ2) is 18.8. The highest BCUT2D eigenvalue weighted by atomic mass is 32.2. The molecule has 9 atom stereocenters. The van der Waals surface area contributed by atoms with Gasteiger partial charge in [-0.05, 0) is 39.0 Å². The molecule has 0 aliphatic carbocycles. The van der Waals surface area contributed by atoms with Crippen LogP contribution in [0.15, 0.2) is 70.4 Å². The molecule has 0 fully saturated rings. The number of sulfonamides is 1. The maximum atomic E-state index is 14.4. The Bertz CT molecular complexity index is 2520. The van der Waals surface area contributed by atoms with Gasteiger partial charge in [0.2, 0.25) is 0 Å². The zero-order chi connectivity index (χ0) is 46.9. The van der Waals surface area contributed by atoms with E-state index in [1.807, 2.05) is 4.83 Å². The van der Waals surface area contributed by atoms with Crippen molar-refractivity contribution in [3.05, 3.63) is 82.7 Å². The van der Waals surface area contributed by atoms with E-state index in [4.69, 9.17) is 18.9 Å². The fourth-order valence-corrected chi connectivity index (χ4v) is 8.59. The number of fused-ring (bicyclic) bond motifs is 14. The number of ketones is 1. The van der Waals surface area contributed by atoms with E-state index in [1.165, 1.54) is 65.2 Å². The normalized spacial score (nSPS) is 29.1. The number of aryl methyl sites for hydroxylation is 1. The van der Waals surface area contributed by atoms with Crippen LogP contribution in [0.25, 0.3) is 10.8 Å². The number of Topliss-reactive ketones (excluding diaryl/α,β-unsaturated/α-hetero) is 1. The van der Waals surface area contributed by atoms with Crippen molar-refractivity contribution in [1.82, 2.24) is 4.83 Å². The highest BCUT2D eigenvalue weighted by Crippen LogP contribution is 2.55. The number of aromatic hydroxyl groups is 3. The number of rotatable bonds is 6. The summed E-state index contributed by atoms with van der Waals surface area (Å²) in [6.07, 6.45) is 3.83. The highest BCUT2D eigenvalue weighted by molar-refractivity contribution is 7.89. The van der Waals surface area contributed by atoms with Crippen LogP contribution in [0.4, 0.5) is 5.69 Å². The molecule has 18 heteroatoms. The molecule has 6 rings (SSSR count). The molecular formula is C45H55N3O14S. The van der Waals surface area contributed by atoms with Crippen LogP contribution in [0, 0.1) is 37.5 Å². The standard InChI is InChI=1S/C45H55N3O14S/c1-21-14-16-29(17-15-21)63(57,58)48-46-20-30-35-40(54)33-32(39(30)53)34-42(27(7)38(33)52)62-45(9,43(34)55)60-19-18-31(59-10)24(4)41(61-28(8)49)26(6)37(51)25(5)36(50)22(2)12-11-13-23(3)44(56)47-35/h11-20,22,24-26,31,36-37,41,48,50-54H,1-10H3,(H,47,56)/b12-11+,19-18+,23-13-,46-20-/t22-,24-,25-,26-,31+,36-,37+,41-,45+/m1/s1. The molecular weight excluding hydrogens is 839 g/mol. The number of esters is 1. The Hall–Kier alpha value is -5.95. The molecule has 3 heterocycles. The molecule has 3 aromatic rings. The maximum absolute atomic E-state index is 14.4. The Kier molecular flexibility index (Phi) is 14.4. The van der Waals surface area contributed by atoms with Crippen molar-refractivity contribution >= 4 is 50.4 Å². The average molecular weight is 894 g/mol. The number of carbonyl (C=O) groups is 3. The molecule has 0 spiro atoms. The fourth-order valence-electron chi connectivity index (χ4n) is 7.80. The van der Waals surface area contributed by atoms with Crippen LogP contribution in [0.3, 0.4) is 0 Å². The summed E-state index contributed by atoms with van der Waals surface area (Å²) in [4.78, 5) is 42.4. The number of aliphatic hydroxyl groups is 2. The molecule has 63 heavy (non-hydrogen) atoms. The number of phenolic OH excluding ortho intramolecular Hbond substituents is 3. The second-order valence-corrected chi connectivity index (χ2v) is 17.9. The van der Waals surface area contributed by atoms with Crippen molar-refractivity contribution in [2.45, 2.75) is 97.4 Å². The number of anilines is 1. The summed E-state index contributed by atoms with van der Waals surface area (Å²) >= 11 is 0. The predicted molar refractivity (Wildman–Crippen MR) is 233 cm³/mol. The van der Waals surface area contributed by atoms with Crippen molar-refractivity contribution in [2.75, 3.05) is 12.4 Å². The van der Waals surface area contributed by atoms with Gasteiger partial charge in [0.1, 0.15) is 23.4 Å². The number of nitrogens with one attached hydrogen (secondary N) is 2. The van der Waals surface area contributed by atoms with E-state index in [2.05, 4.69) is 10.4 Å². The minimum atomic E-state index is -4.27. The number of hydrazone groups is 1. The number of aliphatic hydroxyl groups excluding tert-OH is 2. The molecule has 3 aliphatic rings. The minimum Gasteiger partial charge on any atom is -0.507 e. The average Bonchev–Trinajstić information content (AvgIpc) is 3.50. The lowest BCUT2D eigenvalue weighted by atomic mass is 9.78. The van der Waals surface area contributed by atoms with Gasteiger partial charge in [0.15, 0.2) is 5.75 Å². The number of phenols is 3. The van der Waals surface area contributed by atoms with Crippen LogP contribution in [-0.4, -0.2) is 95.1 Å². The van der Waals surface area contributed by atoms with Gasteiger partial charge in [-0.3, -0.25) is 14.4 Å². The van der Waals surface area contributed by atoms with E-state index in [1.54, 1.807) is 52.8 Å². The number of ether oxygens (including phenoxy) is 4. The molecule has 17 nitrogen and oxygen atoms in total. The molecule has 0 saturated heterocycles. The summed E-state index contributed by atoms with van der Waals surface area (Å²) in [6.45, 7) is 13.9. The van der Waals surface area contributed by atoms with Crippen LogP contribution in [0.1, 0.15) is 75.5 Å². The maximum Gasteiger partial charge on any atom is 0.312 e. The summed E-state index contributed by atoms with van der Waals surface area (Å²) in [5, 5.41) is 63.8. The monoisotopic (exact) mass is 893 g/mol. The van der Waals surface area contributed by atoms with Gasteiger partial charge in [-0.1, -0.05) is 63.6 Å². The Morgan fingerprint density at radius 3 is 2.19 bits per heavy atom. The molecule has 3 aliphatic heterocycles. The Balaban J connectivity index is 1.72. The first-order valence-electron chi connectivity index (χ1n) is 20.2. The van der Waals surface area contributed by atoms with Gasteiger partial charge >= 0.3 is 11.8 Å². The lowest BCUT2D eigenvalue weighted by molar-refractivity contribution is -0.160. The van der Waals surface area contributed by atoms with Crippen LogP contribution in [0.5, 0.6) is 23.0 Å². The summed E-state index contributed by atoms with van der Waals surface area (Å²) in [7, 11) is -2.87. The zero-order valence-corrected chi connectivity index (χ0v) is 37.5. The first kappa shape index (κ1) is 48.1. The quantitative estimate of drug-likeness (QED) is 0.0540. The number of hydrogen-bond donors (Lipinski definition) is 7. The number of hydrogen-bond acceptors (Lipinski definition) is 15. The summed E-state index contributed by atoms with van der Waals surface area (Å²) in [6, 6.07) is 5.86. The molecule has 0 saturated carbocycles. The highest BCUT2D eigenvalue weighted by Gasteiger charge is 2.50. The minimum absolute atomic E-state index is 0.0427. The predicted octanol–water partition coefficient (Wildman–Crippen LogP) is 5.37. The van der Waals surface area contributed by atoms with Crippen molar-refractivity contribution in [3.8, 4) is 23.0 Å². The third kappa shape index (κ3) is 9.53. The molecule has 0 unspecified atom stereocenters. The van der Waals surface area contributed by atoms with E-state index < -0.39 is 121 Å². The van der Waals surface area contributed by atoms with Gasteiger partial charge in [-0.15, -0.1) is 0 Å². The first-order chi connectivity index (χ1) is 29.5. The zero-order valence-electron chi connectivity index (χ0n) is 36.7. The summed E-state index contributed by atoms with van der Waals surface area (Å²) in [5.41, 5.74) is -0.495.